The molecule has 1 aromatic carbocycles. The standard InChI is InChI=1S/C13H12N4S/c1-8-3-4-10(5-9(8)2)11-6-18-13(16-11)12-14-7-15-17-12/h3-7H,1-2H3,(H,14,15,17). The number of thiazole rings is 1. The Morgan fingerprint density at radius 3 is 2.78 bits per heavy atom. The molecule has 0 radical (unpaired) electrons. The van der Waals surface area contributed by atoms with Crippen LogP contribution in [-0.2, 0) is 0 Å². The van der Waals surface area contributed by atoms with E-state index in [1.165, 1.54) is 17.5 Å². The molecule has 2 heterocycles. The summed E-state index contributed by atoms with van der Waals surface area (Å²) < 4.78 is 0. The highest BCUT2D eigenvalue weighted by Gasteiger charge is 2.09. The van der Waals surface area contributed by atoms with Gasteiger partial charge in [-0.05, 0) is 31.0 Å². The zero-order valence-corrected chi connectivity index (χ0v) is 11.0. The van der Waals surface area contributed by atoms with Crippen molar-refractivity contribution in [2.45, 2.75) is 13.8 Å². The zero-order chi connectivity index (χ0) is 12.5. The van der Waals surface area contributed by atoms with E-state index in [1.807, 2.05) is 5.38 Å². The fraction of sp³-hybridized carbons (Fsp3) is 0.154. The lowest BCUT2D eigenvalue weighted by atomic mass is 10.1. The van der Waals surface area contributed by atoms with Crippen molar-refractivity contribution in [2.24, 2.45) is 0 Å². The maximum Gasteiger partial charge on any atom is 0.184 e. The molecule has 0 aliphatic carbocycles. The molecule has 18 heavy (non-hydrogen) atoms. The molecule has 5 heteroatoms. The van der Waals surface area contributed by atoms with Crippen LogP contribution >= 0.6 is 11.3 Å². The third-order valence-electron chi connectivity index (χ3n) is 2.92. The molecule has 4 nitrogen and oxygen atoms in total. The van der Waals surface area contributed by atoms with Crippen LogP contribution in [0.4, 0.5) is 0 Å². The third kappa shape index (κ3) is 1.93. The van der Waals surface area contributed by atoms with Gasteiger partial charge in [-0.1, -0.05) is 12.1 Å². The number of hydrogen-bond acceptors (Lipinski definition) is 4. The van der Waals surface area contributed by atoms with Crippen LogP contribution in [0.1, 0.15) is 11.1 Å². The fourth-order valence-corrected chi connectivity index (χ4v) is 2.50. The van der Waals surface area contributed by atoms with Crippen molar-refractivity contribution in [1.29, 1.82) is 0 Å². The van der Waals surface area contributed by atoms with Crippen LogP contribution in [0.5, 0.6) is 0 Å². The van der Waals surface area contributed by atoms with Gasteiger partial charge in [0.15, 0.2) is 10.8 Å². The van der Waals surface area contributed by atoms with Gasteiger partial charge in [0.25, 0.3) is 0 Å². The number of rotatable bonds is 2. The molecule has 0 bridgehead atoms. The Morgan fingerprint density at radius 2 is 2.06 bits per heavy atom. The average molecular weight is 256 g/mol. The summed E-state index contributed by atoms with van der Waals surface area (Å²) in [6.45, 7) is 4.22. The van der Waals surface area contributed by atoms with Crippen LogP contribution in [0.15, 0.2) is 29.9 Å². The molecule has 3 aromatic rings. The largest absolute Gasteiger partial charge is 0.257 e. The highest BCUT2D eigenvalue weighted by atomic mass is 32.1. The van der Waals surface area contributed by atoms with Gasteiger partial charge in [-0.15, -0.1) is 11.3 Å². The van der Waals surface area contributed by atoms with E-state index in [9.17, 15) is 0 Å². The van der Waals surface area contributed by atoms with Crippen LogP contribution < -0.4 is 0 Å². The first-order chi connectivity index (χ1) is 8.74. The number of aryl methyl sites for hydroxylation is 2. The zero-order valence-electron chi connectivity index (χ0n) is 10.1. The van der Waals surface area contributed by atoms with Gasteiger partial charge in [-0.2, -0.15) is 5.10 Å². The number of H-pyrrole nitrogens is 1. The lowest BCUT2D eigenvalue weighted by Crippen LogP contribution is -1.84. The molecule has 0 saturated heterocycles. The lowest BCUT2D eigenvalue weighted by molar-refractivity contribution is 1.09. The summed E-state index contributed by atoms with van der Waals surface area (Å²) in [5.74, 6) is 0.718. The highest BCUT2D eigenvalue weighted by molar-refractivity contribution is 7.13. The molecule has 2 aromatic heterocycles. The molecular weight excluding hydrogens is 244 g/mol. The minimum Gasteiger partial charge on any atom is -0.257 e. The Labute approximate surface area is 109 Å². The molecule has 0 aliphatic heterocycles. The third-order valence-corrected chi connectivity index (χ3v) is 3.77. The van der Waals surface area contributed by atoms with E-state index in [0.717, 1.165) is 22.1 Å². The molecule has 0 saturated carbocycles. The van der Waals surface area contributed by atoms with Crippen molar-refractivity contribution in [3.8, 4) is 22.1 Å². The summed E-state index contributed by atoms with van der Waals surface area (Å²) in [6.07, 6.45) is 1.49. The Balaban J connectivity index is 2.00. The maximum atomic E-state index is 4.58. The maximum absolute atomic E-state index is 4.58. The van der Waals surface area contributed by atoms with Gasteiger partial charge >= 0.3 is 0 Å². The molecule has 3 rings (SSSR count). The summed E-state index contributed by atoms with van der Waals surface area (Å²) in [5, 5.41) is 9.57. The number of hydrogen-bond donors (Lipinski definition) is 1. The van der Waals surface area contributed by atoms with Gasteiger partial charge in [-0.3, -0.25) is 5.10 Å². The highest BCUT2D eigenvalue weighted by Crippen LogP contribution is 2.27. The Kier molecular flexibility index (Phi) is 2.68. The quantitative estimate of drug-likeness (QED) is 0.766. The molecule has 0 amide bonds. The fourth-order valence-electron chi connectivity index (χ4n) is 1.72. The van der Waals surface area contributed by atoms with Crippen LogP contribution in [-0.4, -0.2) is 20.2 Å². The Hall–Kier alpha value is -2.01. The van der Waals surface area contributed by atoms with Crippen molar-refractivity contribution in [3.05, 3.63) is 41.0 Å². The Morgan fingerprint density at radius 1 is 1.17 bits per heavy atom. The summed E-state index contributed by atoms with van der Waals surface area (Å²) in [7, 11) is 0. The number of aromatic amines is 1. The second-order valence-corrected chi connectivity index (χ2v) is 5.03. The minimum atomic E-state index is 0.718. The van der Waals surface area contributed by atoms with Gasteiger partial charge in [0, 0.05) is 10.9 Å². The van der Waals surface area contributed by atoms with Crippen LogP contribution in [0.25, 0.3) is 22.1 Å². The normalized spacial score (nSPS) is 10.8. The molecule has 0 aliphatic rings. The van der Waals surface area contributed by atoms with Crippen molar-refractivity contribution in [1.82, 2.24) is 20.2 Å². The number of aromatic nitrogens is 4. The van der Waals surface area contributed by atoms with E-state index in [4.69, 9.17) is 0 Å². The van der Waals surface area contributed by atoms with E-state index >= 15 is 0 Å². The van der Waals surface area contributed by atoms with Crippen LogP contribution in [0.3, 0.4) is 0 Å². The van der Waals surface area contributed by atoms with E-state index < -0.39 is 0 Å². The summed E-state index contributed by atoms with van der Waals surface area (Å²) in [5.41, 5.74) is 4.70. The first kappa shape index (κ1) is 11.1. The first-order valence-electron chi connectivity index (χ1n) is 5.63. The Bertz CT molecular complexity index is 670. The second kappa shape index (κ2) is 4.34. The van der Waals surface area contributed by atoms with E-state index in [2.05, 4.69) is 52.2 Å². The van der Waals surface area contributed by atoms with Gasteiger partial charge in [0.1, 0.15) is 6.33 Å². The minimum absolute atomic E-state index is 0.718. The number of nitrogens with zero attached hydrogens (tertiary/aromatic N) is 3. The summed E-state index contributed by atoms with van der Waals surface area (Å²) in [6, 6.07) is 6.38. The first-order valence-corrected chi connectivity index (χ1v) is 6.51. The predicted octanol–water partition coefficient (Wildman–Crippen LogP) is 3.21. The SMILES string of the molecule is Cc1ccc(-c2csc(-c3ncn[nH]3)n2)cc1C. The topological polar surface area (TPSA) is 54.5 Å². The van der Waals surface area contributed by atoms with E-state index in [0.29, 0.717) is 0 Å². The molecule has 1 N–H and O–H groups in total. The van der Waals surface area contributed by atoms with E-state index in [-0.39, 0.29) is 0 Å². The molecular formula is C13H12N4S. The van der Waals surface area contributed by atoms with Crippen LogP contribution in [0, 0.1) is 13.8 Å². The van der Waals surface area contributed by atoms with Gasteiger partial charge in [-0.25, -0.2) is 9.97 Å². The van der Waals surface area contributed by atoms with Crippen LogP contribution in [0.2, 0.25) is 0 Å². The predicted molar refractivity (Wildman–Crippen MR) is 72.4 cm³/mol. The molecule has 0 fully saturated rings. The summed E-state index contributed by atoms with van der Waals surface area (Å²) >= 11 is 1.57. The van der Waals surface area contributed by atoms with Crippen molar-refractivity contribution in [2.75, 3.05) is 0 Å². The van der Waals surface area contributed by atoms with Crippen molar-refractivity contribution >= 4 is 11.3 Å². The smallest absolute Gasteiger partial charge is 0.184 e. The average Bonchev–Trinajstić information content (AvgIpc) is 3.01. The molecule has 0 unspecified atom stereocenters. The molecule has 90 valence electrons. The van der Waals surface area contributed by atoms with E-state index in [1.54, 1.807) is 11.3 Å². The van der Waals surface area contributed by atoms with Gasteiger partial charge in [0.05, 0.1) is 5.69 Å². The number of benzene rings is 1. The van der Waals surface area contributed by atoms with Gasteiger partial charge in [0.2, 0.25) is 0 Å². The van der Waals surface area contributed by atoms with Crippen molar-refractivity contribution in [3.63, 3.8) is 0 Å². The summed E-state index contributed by atoms with van der Waals surface area (Å²) in [4.78, 5) is 8.68. The lowest BCUT2D eigenvalue weighted by Gasteiger charge is -2.02. The van der Waals surface area contributed by atoms with Gasteiger partial charge < -0.3 is 0 Å². The molecule has 0 spiro atoms. The van der Waals surface area contributed by atoms with Crippen molar-refractivity contribution < 1.29 is 0 Å². The number of nitrogens with one attached hydrogen (secondary N) is 1. The molecule has 0 atom stereocenters. The monoisotopic (exact) mass is 256 g/mol. The second-order valence-electron chi connectivity index (χ2n) is 4.17.